The fourth-order valence-corrected chi connectivity index (χ4v) is 2.21. The van der Waals surface area contributed by atoms with Crippen LogP contribution in [-0.2, 0) is 0 Å². The van der Waals surface area contributed by atoms with Gasteiger partial charge in [-0.15, -0.1) is 0 Å². The molecule has 1 aromatic heterocycles. The summed E-state index contributed by atoms with van der Waals surface area (Å²) in [6, 6.07) is 7.75. The van der Waals surface area contributed by atoms with Gasteiger partial charge in [-0.25, -0.2) is 4.68 Å². The lowest BCUT2D eigenvalue weighted by molar-refractivity contribution is 0.684. The summed E-state index contributed by atoms with van der Waals surface area (Å²) >= 11 is 6.07. The summed E-state index contributed by atoms with van der Waals surface area (Å²) in [6.45, 7) is 3.19. The maximum atomic E-state index is 6.07. The van der Waals surface area contributed by atoms with Gasteiger partial charge in [-0.3, -0.25) is 0 Å². The molecule has 0 saturated carbocycles. The second kappa shape index (κ2) is 7.19. The maximum Gasteiger partial charge on any atom is 0.0877 e. The van der Waals surface area contributed by atoms with E-state index in [2.05, 4.69) is 17.3 Å². The molecule has 0 spiro atoms. The lowest BCUT2D eigenvalue weighted by atomic mass is 10.2. The normalized spacial score (nSPS) is 10.6. The molecule has 3 nitrogen and oxygen atoms in total. The second-order valence-electron chi connectivity index (χ2n) is 4.60. The number of nitrogens with one attached hydrogen (secondary N) is 1. The first-order valence-electron chi connectivity index (χ1n) is 6.84. The number of halogens is 1. The summed E-state index contributed by atoms with van der Waals surface area (Å²) in [5.74, 6) is 0. The standard InChI is InChI=1S/C15H20ClN3/c1-2-3-4-5-9-17-14-12-13(16)7-8-15(14)19-11-6-10-18-19/h6-8,10-12,17H,2-5,9H2,1H3. The quantitative estimate of drug-likeness (QED) is 0.754. The van der Waals surface area contributed by atoms with Crippen LogP contribution >= 0.6 is 11.6 Å². The van der Waals surface area contributed by atoms with E-state index in [1.54, 1.807) is 6.20 Å². The van der Waals surface area contributed by atoms with Crippen molar-refractivity contribution in [2.45, 2.75) is 32.6 Å². The Morgan fingerprint density at radius 2 is 2.16 bits per heavy atom. The molecule has 4 heteroatoms. The van der Waals surface area contributed by atoms with Crippen LogP contribution in [0.1, 0.15) is 32.6 Å². The van der Waals surface area contributed by atoms with E-state index < -0.39 is 0 Å². The van der Waals surface area contributed by atoms with Gasteiger partial charge in [0, 0.05) is 24.0 Å². The third-order valence-corrected chi connectivity index (χ3v) is 3.29. The monoisotopic (exact) mass is 277 g/mol. The van der Waals surface area contributed by atoms with Gasteiger partial charge in [0.1, 0.15) is 0 Å². The zero-order valence-corrected chi connectivity index (χ0v) is 12.0. The van der Waals surface area contributed by atoms with Crippen molar-refractivity contribution in [3.05, 3.63) is 41.7 Å². The van der Waals surface area contributed by atoms with Crippen molar-refractivity contribution >= 4 is 17.3 Å². The molecule has 2 rings (SSSR count). The SMILES string of the molecule is CCCCCCNc1cc(Cl)ccc1-n1cccn1. The molecular weight excluding hydrogens is 258 g/mol. The fraction of sp³-hybridized carbons (Fsp3) is 0.400. The highest BCUT2D eigenvalue weighted by atomic mass is 35.5. The van der Waals surface area contributed by atoms with Crippen molar-refractivity contribution in [2.24, 2.45) is 0 Å². The molecule has 1 heterocycles. The van der Waals surface area contributed by atoms with Gasteiger partial charge >= 0.3 is 0 Å². The molecule has 1 N–H and O–H groups in total. The van der Waals surface area contributed by atoms with Gasteiger partial charge in [0.25, 0.3) is 0 Å². The predicted molar refractivity (Wildman–Crippen MR) is 81.2 cm³/mol. The van der Waals surface area contributed by atoms with Crippen LogP contribution in [0.2, 0.25) is 5.02 Å². The van der Waals surface area contributed by atoms with Crippen molar-refractivity contribution in [3.63, 3.8) is 0 Å². The zero-order chi connectivity index (χ0) is 13.5. The highest BCUT2D eigenvalue weighted by Gasteiger charge is 2.05. The molecule has 19 heavy (non-hydrogen) atoms. The number of hydrogen-bond donors (Lipinski definition) is 1. The summed E-state index contributed by atoms with van der Waals surface area (Å²) < 4.78 is 1.85. The molecule has 1 aromatic carbocycles. The van der Waals surface area contributed by atoms with Gasteiger partial charge in [-0.05, 0) is 30.7 Å². The molecule has 0 aliphatic heterocycles. The Kier molecular flexibility index (Phi) is 5.28. The summed E-state index contributed by atoms with van der Waals surface area (Å²) in [5.41, 5.74) is 2.07. The van der Waals surface area contributed by atoms with Gasteiger partial charge in [0.2, 0.25) is 0 Å². The molecule has 102 valence electrons. The van der Waals surface area contributed by atoms with Crippen LogP contribution in [0.4, 0.5) is 5.69 Å². The number of anilines is 1. The third kappa shape index (κ3) is 4.00. The highest BCUT2D eigenvalue weighted by Crippen LogP contribution is 2.24. The van der Waals surface area contributed by atoms with Crippen LogP contribution in [0.3, 0.4) is 0 Å². The number of aromatic nitrogens is 2. The first-order chi connectivity index (χ1) is 9.31. The summed E-state index contributed by atoms with van der Waals surface area (Å²) in [4.78, 5) is 0. The molecular formula is C15H20ClN3. The van der Waals surface area contributed by atoms with E-state index in [4.69, 9.17) is 11.6 Å². The fourth-order valence-electron chi connectivity index (χ4n) is 2.04. The molecule has 0 aliphatic carbocycles. The van der Waals surface area contributed by atoms with E-state index in [1.807, 2.05) is 35.1 Å². The Bertz CT molecular complexity index is 494. The van der Waals surface area contributed by atoms with E-state index >= 15 is 0 Å². The van der Waals surface area contributed by atoms with E-state index in [-0.39, 0.29) is 0 Å². The first-order valence-corrected chi connectivity index (χ1v) is 7.22. The number of rotatable bonds is 7. The zero-order valence-electron chi connectivity index (χ0n) is 11.3. The Morgan fingerprint density at radius 3 is 2.89 bits per heavy atom. The van der Waals surface area contributed by atoms with Crippen LogP contribution in [-0.4, -0.2) is 16.3 Å². The van der Waals surface area contributed by atoms with Crippen molar-refractivity contribution in [2.75, 3.05) is 11.9 Å². The predicted octanol–water partition coefficient (Wildman–Crippen LogP) is 4.52. The van der Waals surface area contributed by atoms with Crippen molar-refractivity contribution in [1.82, 2.24) is 9.78 Å². The number of benzene rings is 1. The van der Waals surface area contributed by atoms with Crippen molar-refractivity contribution in [3.8, 4) is 5.69 Å². The van der Waals surface area contributed by atoms with Crippen molar-refractivity contribution in [1.29, 1.82) is 0 Å². The van der Waals surface area contributed by atoms with E-state index in [0.717, 1.165) is 22.9 Å². The van der Waals surface area contributed by atoms with Crippen LogP contribution < -0.4 is 5.32 Å². The van der Waals surface area contributed by atoms with E-state index in [9.17, 15) is 0 Å². The lowest BCUT2D eigenvalue weighted by Gasteiger charge is -2.12. The molecule has 0 atom stereocenters. The first kappa shape index (κ1) is 13.9. The van der Waals surface area contributed by atoms with E-state index in [1.165, 1.54) is 25.7 Å². The summed E-state index contributed by atoms with van der Waals surface area (Å²) in [7, 11) is 0. The molecule has 0 aliphatic rings. The van der Waals surface area contributed by atoms with Crippen LogP contribution in [0, 0.1) is 0 Å². The average Bonchev–Trinajstić information content (AvgIpc) is 2.92. The van der Waals surface area contributed by atoms with Gasteiger partial charge < -0.3 is 5.32 Å². The Labute approximate surface area is 119 Å². The maximum absolute atomic E-state index is 6.07. The summed E-state index contributed by atoms with van der Waals surface area (Å²) in [5, 5.41) is 8.47. The van der Waals surface area contributed by atoms with Gasteiger partial charge in [-0.2, -0.15) is 5.10 Å². The van der Waals surface area contributed by atoms with Gasteiger partial charge in [0.05, 0.1) is 11.4 Å². The molecule has 0 fully saturated rings. The largest absolute Gasteiger partial charge is 0.383 e. The average molecular weight is 278 g/mol. The molecule has 0 radical (unpaired) electrons. The molecule has 0 amide bonds. The van der Waals surface area contributed by atoms with Crippen molar-refractivity contribution < 1.29 is 0 Å². The van der Waals surface area contributed by atoms with Gasteiger partial charge in [0.15, 0.2) is 0 Å². The number of nitrogens with zero attached hydrogens (tertiary/aromatic N) is 2. The number of hydrogen-bond acceptors (Lipinski definition) is 2. The topological polar surface area (TPSA) is 29.9 Å². The minimum absolute atomic E-state index is 0.743. The molecule has 0 saturated heterocycles. The number of unbranched alkanes of at least 4 members (excludes halogenated alkanes) is 3. The van der Waals surface area contributed by atoms with E-state index in [0.29, 0.717) is 0 Å². The van der Waals surface area contributed by atoms with Gasteiger partial charge in [-0.1, -0.05) is 37.8 Å². The molecule has 2 aromatic rings. The lowest BCUT2D eigenvalue weighted by Crippen LogP contribution is -2.06. The smallest absolute Gasteiger partial charge is 0.0877 e. The molecule has 0 unspecified atom stereocenters. The van der Waals surface area contributed by atoms with Crippen LogP contribution in [0.15, 0.2) is 36.7 Å². The Morgan fingerprint density at radius 1 is 1.26 bits per heavy atom. The Balaban J connectivity index is 2.04. The molecule has 0 bridgehead atoms. The van der Waals surface area contributed by atoms with Crippen LogP contribution in [0.5, 0.6) is 0 Å². The second-order valence-corrected chi connectivity index (χ2v) is 5.04. The minimum atomic E-state index is 0.743. The van der Waals surface area contributed by atoms with Crippen LogP contribution in [0.25, 0.3) is 5.69 Å². The Hall–Kier alpha value is -1.48. The highest BCUT2D eigenvalue weighted by molar-refractivity contribution is 6.31. The summed E-state index contributed by atoms with van der Waals surface area (Å²) in [6.07, 6.45) is 8.71. The third-order valence-electron chi connectivity index (χ3n) is 3.06. The minimum Gasteiger partial charge on any atom is -0.383 e.